The number of hydrogen-bond acceptors (Lipinski definition) is 3. The molecule has 3 rings (SSSR count). The molecule has 0 aromatic heterocycles. The summed E-state index contributed by atoms with van der Waals surface area (Å²) < 4.78 is 5.70. The molecule has 1 unspecified atom stereocenters. The van der Waals surface area contributed by atoms with Crippen molar-refractivity contribution in [3.8, 4) is 0 Å². The number of nitrogens with zero attached hydrogens (tertiary/aromatic N) is 1. The van der Waals surface area contributed by atoms with Gasteiger partial charge in [0.25, 0.3) is 0 Å². The highest BCUT2D eigenvalue weighted by atomic mass is 16.5. The molecule has 0 radical (unpaired) electrons. The molecule has 2 heterocycles. The van der Waals surface area contributed by atoms with Gasteiger partial charge in [0.1, 0.15) is 0 Å². The smallest absolute Gasteiger partial charge is 0.309 e. The predicted molar refractivity (Wildman–Crippen MR) is 90.6 cm³/mol. The van der Waals surface area contributed by atoms with Crippen molar-refractivity contribution < 1.29 is 19.4 Å². The summed E-state index contributed by atoms with van der Waals surface area (Å²) in [5.74, 6) is 0.340. The van der Waals surface area contributed by atoms with Crippen molar-refractivity contribution in [2.45, 2.75) is 70.3 Å². The van der Waals surface area contributed by atoms with Crippen LogP contribution in [0.4, 0.5) is 0 Å². The number of carbonyl (C=O) groups excluding carboxylic acids is 1. The standard InChI is InChI=1S/C19H31NO4/c21-17(7-3-6-14-4-1-2-5-14)20-11-8-15(9-12-20)18-16(19(22)23)10-13-24-18/h14-16,18H,1-13H2,(H,22,23)/t16?,18-/m0/s1. The molecule has 0 bridgehead atoms. The maximum Gasteiger partial charge on any atom is 0.309 e. The molecule has 0 spiro atoms. The van der Waals surface area contributed by atoms with Crippen LogP contribution in [0.3, 0.4) is 0 Å². The largest absolute Gasteiger partial charge is 0.481 e. The Morgan fingerprint density at radius 3 is 2.42 bits per heavy atom. The molecule has 1 saturated carbocycles. The molecule has 1 N–H and O–H groups in total. The molecular formula is C19H31NO4. The number of likely N-dealkylation sites (tertiary alicyclic amines) is 1. The first-order valence-corrected chi connectivity index (χ1v) is 9.77. The fourth-order valence-corrected chi connectivity index (χ4v) is 4.82. The van der Waals surface area contributed by atoms with Gasteiger partial charge in [0.05, 0.1) is 12.0 Å². The molecule has 1 aliphatic carbocycles. The molecule has 3 aliphatic rings. The van der Waals surface area contributed by atoms with E-state index < -0.39 is 5.97 Å². The molecule has 24 heavy (non-hydrogen) atoms. The van der Waals surface area contributed by atoms with Crippen LogP contribution >= 0.6 is 0 Å². The SMILES string of the molecule is O=C(O)C1CCO[C@H]1C1CCN(C(=O)CCCC2CCCC2)CC1. The van der Waals surface area contributed by atoms with Crippen LogP contribution in [0.25, 0.3) is 0 Å². The average molecular weight is 337 g/mol. The van der Waals surface area contributed by atoms with Gasteiger partial charge in [-0.1, -0.05) is 25.7 Å². The molecular weight excluding hydrogens is 306 g/mol. The maximum atomic E-state index is 12.4. The lowest BCUT2D eigenvalue weighted by Crippen LogP contribution is -2.43. The van der Waals surface area contributed by atoms with Crippen molar-refractivity contribution in [1.82, 2.24) is 4.90 Å². The molecule has 5 nitrogen and oxygen atoms in total. The quantitative estimate of drug-likeness (QED) is 0.809. The molecule has 5 heteroatoms. The van der Waals surface area contributed by atoms with E-state index in [1.54, 1.807) is 0 Å². The Balaban J connectivity index is 1.38. The van der Waals surface area contributed by atoms with Crippen molar-refractivity contribution in [3.05, 3.63) is 0 Å². The zero-order valence-electron chi connectivity index (χ0n) is 14.6. The number of hydrogen-bond donors (Lipinski definition) is 1. The summed E-state index contributed by atoms with van der Waals surface area (Å²) in [7, 11) is 0. The molecule has 0 aromatic rings. The van der Waals surface area contributed by atoms with E-state index in [9.17, 15) is 14.7 Å². The van der Waals surface area contributed by atoms with Gasteiger partial charge in [-0.3, -0.25) is 9.59 Å². The van der Waals surface area contributed by atoms with Crippen molar-refractivity contribution in [2.24, 2.45) is 17.8 Å². The highest BCUT2D eigenvalue weighted by Gasteiger charge is 2.40. The summed E-state index contributed by atoms with van der Waals surface area (Å²) in [5.41, 5.74) is 0. The lowest BCUT2D eigenvalue weighted by molar-refractivity contribution is -0.146. The Morgan fingerprint density at radius 2 is 1.75 bits per heavy atom. The van der Waals surface area contributed by atoms with E-state index >= 15 is 0 Å². The summed E-state index contributed by atoms with van der Waals surface area (Å²) in [6.45, 7) is 2.08. The fourth-order valence-electron chi connectivity index (χ4n) is 4.82. The van der Waals surface area contributed by atoms with Gasteiger partial charge in [0.15, 0.2) is 0 Å². The summed E-state index contributed by atoms with van der Waals surface area (Å²) >= 11 is 0. The summed E-state index contributed by atoms with van der Waals surface area (Å²) in [4.78, 5) is 25.7. The average Bonchev–Trinajstić information content (AvgIpc) is 3.26. The molecule has 1 amide bonds. The first-order valence-electron chi connectivity index (χ1n) is 9.77. The van der Waals surface area contributed by atoms with Crippen LogP contribution in [0.5, 0.6) is 0 Å². The van der Waals surface area contributed by atoms with Gasteiger partial charge >= 0.3 is 5.97 Å². The molecule has 0 aromatic carbocycles. The summed E-state index contributed by atoms with van der Waals surface area (Å²) in [6.07, 6.45) is 10.6. The minimum atomic E-state index is -0.733. The molecule has 2 saturated heterocycles. The Morgan fingerprint density at radius 1 is 1.04 bits per heavy atom. The lowest BCUT2D eigenvalue weighted by Gasteiger charge is -2.35. The third-order valence-electron chi connectivity index (χ3n) is 6.29. The van der Waals surface area contributed by atoms with E-state index in [0.29, 0.717) is 19.4 Å². The van der Waals surface area contributed by atoms with Crippen LogP contribution < -0.4 is 0 Å². The number of ether oxygens (including phenoxy) is 1. The number of amides is 1. The second-order valence-electron chi connectivity index (χ2n) is 7.83. The number of rotatable bonds is 6. The zero-order chi connectivity index (χ0) is 16.9. The number of aliphatic carboxylic acids is 1. The molecule has 2 aliphatic heterocycles. The predicted octanol–water partition coefficient (Wildman–Crippen LogP) is 3.08. The number of carboxylic acids is 1. The third-order valence-corrected chi connectivity index (χ3v) is 6.29. The van der Waals surface area contributed by atoms with E-state index in [1.165, 1.54) is 32.1 Å². The summed E-state index contributed by atoms with van der Waals surface area (Å²) in [5, 5.41) is 9.30. The van der Waals surface area contributed by atoms with Gasteiger partial charge in [0.2, 0.25) is 5.91 Å². The Bertz CT molecular complexity index is 439. The van der Waals surface area contributed by atoms with E-state index in [0.717, 1.165) is 38.3 Å². The van der Waals surface area contributed by atoms with E-state index in [2.05, 4.69) is 0 Å². The monoisotopic (exact) mass is 337 g/mol. The highest BCUT2D eigenvalue weighted by molar-refractivity contribution is 5.76. The maximum absolute atomic E-state index is 12.4. The third kappa shape index (κ3) is 4.29. The van der Waals surface area contributed by atoms with Crippen molar-refractivity contribution in [2.75, 3.05) is 19.7 Å². The van der Waals surface area contributed by atoms with E-state index in [4.69, 9.17) is 4.74 Å². The van der Waals surface area contributed by atoms with Crippen molar-refractivity contribution >= 4 is 11.9 Å². The van der Waals surface area contributed by atoms with Crippen LogP contribution in [0.2, 0.25) is 0 Å². The Hall–Kier alpha value is -1.10. The van der Waals surface area contributed by atoms with Crippen LogP contribution in [0.1, 0.15) is 64.2 Å². The summed E-state index contributed by atoms with van der Waals surface area (Å²) in [6, 6.07) is 0. The van der Waals surface area contributed by atoms with Gasteiger partial charge < -0.3 is 14.7 Å². The highest BCUT2D eigenvalue weighted by Crippen LogP contribution is 2.33. The Kier molecular flexibility index (Phi) is 6.14. The number of piperidine rings is 1. The van der Waals surface area contributed by atoms with Crippen molar-refractivity contribution in [1.29, 1.82) is 0 Å². The minimum Gasteiger partial charge on any atom is -0.481 e. The van der Waals surface area contributed by atoms with Crippen LogP contribution in [-0.2, 0) is 14.3 Å². The Labute approximate surface area is 144 Å². The normalized spacial score (nSPS) is 29.2. The first-order chi connectivity index (χ1) is 11.6. The second-order valence-corrected chi connectivity index (χ2v) is 7.83. The van der Waals surface area contributed by atoms with Crippen LogP contribution in [0, 0.1) is 17.8 Å². The van der Waals surface area contributed by atoms with Gasteiger partial charge in [-0.05, 0) is 43.9 Å². The van der Waals surface area contributed by atoms with Gasteiger partial charge in [-0.2, -0.15) is 0 Å². The molecule has 136 valence electrons. The van der Waals surface area contributed by atoms with E-state index in [-0.39, 0.29) is 23.8 Å². The van der Waals surface area contributed by atoms with Gasteiger partial charge in [-0.25, -0.2) is 0 Å². The van der Waals surface area contributed by atoms with E-state index in [1.807, 2.05) is 4.90 Å². The molecule has 3 fully saturated rings. The topological polar surface area (TPSA) is 66.8 Å². The minimum absolute atomic E-state index is 0.151. The lowest BCUT2D eigenvalue weighted by atomic mass is 9.84. The van der Waals surface area contributed by atoms with Crippen LogP contribution in [0.15, 0.2) is 0 Å². The van der Waals surface area contributed by atoms with Gasteiger partial charge in [-0.15, -0.1) is 0 Å². The number of carbonyl (C=O) groups is 2. The van der Waals surface area contributed by atoms with Gasteiger partial charge in [0, 0.05) is 26.1 Å². The number of carboxylic acid groups (broad SMARTS) is 1. The zero-order valence-corrected chi connectivity index (χ0v) is 14.6. The first kappa shape index (κ1) is 17.7. The molecule has 2 atom stereocenters. The van der Waals surface area contributed by atoms with Crippen molar-refractivity contribution in [3.63, 3.8) is 0 Å². The fraction of sp³-hybridized carbons (Fsp3) is 0.895. The van der Waals surface area contributed by atoms with Crippen LogP contribution in [-0.4, -0.2) is 47.7 Å². The second kappa shape index (κ2) is 8.32.